The molecule has 4 heteroatoms. The molecule has 0 aromatic carbocycles. The second-order valence-corrected chi connectivity index (χ2v) is 3.90. The number of hydrogen-bond donors (Lipinski definition) is 2. The zero-order valence-corrected chi connectivity index (χ0v) is 6.99. The molecule has 0 saturated heterocycles. The van der Waals surface area contributed by atoms with Crippen molar-refractivity contribution in [3.63, 3.8) is 0 Å². The van der Waals surface area contributed by atoms with Gasteiger partial charge in [-0.1, -0.05) is 0 Å². The fourth-order valence-electron chi connectivity index (χ4n) is 1.05. The van der Waals surface area contributed by atoms with Crippen LogP contribution in [0.15, 0.2) is 0 Å². The maximum absolute atomic E-state index is 10.7. The molecular weight excluding hydrogens is 148 g/mol. The van der Waals surface area contributed by atoms with E-state index in [1.807, 2.05) is 0 Å². The molecule has 0 spiro atoms. The van der Waals surface area contributed by atoms with Crippen molar-refractivity contribution in [1.29, 1.82) is 0 Å². The van der Waals surface area contributed by atoms with Gasteiger partial charge >= 0.3 is 0 Å². The lowest BCUT2D eigenvalue weighted by Gasteiger charge is -2.12. The van der Waals surface area contributed by atoms with Gasteiger partial charge in [-0.3, -0.25) is 0 Å². The summed E-state index contributed by atoms with van der Waals surface area (Å²) in [7, 11) is -0.906. The minimum Gasteiger partial charge on any atom is -0.329 e. The molecule has 0 radical (unpaired) electrons. The summed E-state index contributed by atoms with van der Waals surface area (Å²) in [6.07, 6.45) is 4.13. The smallest absolute Gasteiger partial charge is 0.0886 e. The summed E-state index contributed by atoms with van der Waals surface area (Å²) >= 11 is 0. The van der Waals surface area contributed by atoms with Gasteiger partial charge in [0.25, 0.3) is 0 Å². The Balaban J connectivity index is 2.25. The molecule has 1 aliphatic rings. The lowest BCUT2D eigenvalue weighted by atomic mass is 10.2. The largest absolute Gasteiger partial charge is 0.329 e. The van der Waals surface area contributed by atoms with Crippen molar-refractivity contribution < 1.29 is 4.21 Å². The highest BCUT2D eigenvalue weighted by Crippen LogP contribution is 2.32. The predicted molar refractivity (Wildman–Crippen MR) is 42.8 cm³/mol. The topological polar surface area (TPSA) is 55.1 Å². The lowest BCUT2D eigenvalue weighted by Crippen LogP contribution is -2.38. The maximum atomic E-state index is 10.7. The van der Waals surface area contributed by atoms with Gasteiger partial charge in [0.15, 0.2) is 0 Å². The monoisotopic (exact) mass is 162 g/mol. The predicted octanol–water partition coefficient (Wildman–Crippen LogP) is -0.393. The summed E-state index contributed by atoms with van der Waals surface area (Å²) in [5, 5.41) is 0. The van der Waals surface area contributed by atoms with Crippen molar-refractivity contribution in [1.82, 2.24) is 4.72 Å². The first kappa shape index (κ1) is 8.17. The summed E-state index contributed by atoms with van der Waals surface area (Å²) in [6, 6.07) is 0.283. The average Bonchev–Trinajstić information content (AvgIpc) is 2.63. The third kappa shape index (κ3) is 2.36. The Kier molecular flexibility index (Phi) is 2.82. The minimum atomic E-state index is -0.906. The molecule has 0 bridgehead atoms. The molecule has 0 aliphatic heterocycles. The lowest BCUT2D eigenvalue weighted by molar-refractivity contribution is 0.554. The van der Waals surface area contributed by atoms with E-state index in [1.54, 1.807) is 6.26 Å². The summed E-state index contributed by atoms with van der Waals surface area (Å²) in [5.41, 5.74) is 5.47. The zero-order valence-electron chi connectivity index (χ0n) is 6.17. The van der Waals surface area contributed by atoms with E-state index in [4.69, 9.17) is 5.73 Å². The van der Waals surface area contributed by atoms with Gasteiger partial charge in [-0.05, 0) is 18.8 Å². The van der Waals surface area contributed by atoms with Crippen LogP contribution in [-0.2, 0) is 11.0 Å². The SMILES string of the molecule is CS(=O)NC(CN)C1CC1. The maximum Gasteiger partial charge on any atom is 0.0886 e. The molecule has 0 aromatic rings. The average molecular weight is 162 g/mol. The minimum absolute atomic E-state index is 0.283. The zero-order chi connectivity index (χ0) is 7.56. The third-order valence-electron chi connectivity index (χ3n) is 1.76. The van der Waals surface area contributed by atoms with Crippen molar-refractivity contribution in [2.75, 3.05) is 12.8 Å². The Morgan fingerprint density at radius 1 is 1.80 bits per heavy atom. The first-order chi connectivity index (χ1) is 4.74. The first-order valence-electron chi connectivity index (χ1n) is 3.53. The summed E-state index contributed by atoms with van der Waals surface area (Å²) < 4.78 is 13.6. The summed E-state index contributed by atoms with van der Waals surface area (Å²) in [4.78, 5) is 0. The Labute approximate surface area is 64.0 Å². The fraction of sp³-hybridized carbons (Fsp3) is 1.00. The van der Waals surface area contributed by atoms with Gasteiger partial charge in [0.05, 0.1) is 11.0 Å². The van der Waals surface area contributed by atoms with E-state index < -0.39 is 11.0 Å². The second-order valence-electron chi connectivity index (χ2n) is 2.75. The van der Waals surface area contributed by atoms with Gasteiger partial charge in [0, 0.05) is 18.8 Å². The first-order valence-corrected chi connectivity index (χ1v) is 5.09. The standard InChI is InChI=1S/C6H14N2OS/c1-10(9)8-6(4-7)5-2-3-5/h5-6,8H,2-4,7H2,1H3. The Bertz CT molecular complexity index is 136. The molecule has 0 heterocycles. The van der Waals surface area contributed by atoms with Crippen LogP contribution in [0.1, 0.15) is 12.8 Å². The van der Waals surface area contributed by atoms with Crippen LogP contribution in [0.4, 0.5) is 0 Å². The Morgan fingerprint density at radius 2 is 2.40 bits per heavy atom. The molecule has 60 valence electrons. The van der Waals surface area contributed by atoms with Crippen LogP contribution < -0.4 is 10.5 Å². The van der Waals surface area contributed by atoms with E-state index in [0.29, 0.717) is 12.5 Å². The second kappa shape index (κ2) is 3.46. The molecular formula is C6H14N2OS. The highest BCUT2D eigenvalue weighted by molar-refractivity contribution is 7.82. The number of nitrogens with one attached hydrogen (secondary N) is 1. The van der Waals surface area contributed by atoms with Crippen molar-refractivity contribution in [2.45, 2.75) is 18.9 Å². The number of hydrogen-bond acceptors (Lipinski definition) is 2. The van der Waals surface area contributed by atoms with Gasteiger partial charge in [-0.15, -0.1) is 0 Å². The van der Waals surface area contributed by atoms with Gasteiger partial charge < -0.3 is 5.73 Å². The van der Waals surface area contributed by atoms with E-state index >= 15 is 0 Å². The number of nitrogens with two attached hydrogens (primary N) is 1. The molecule has 1 saturated carbocycles. The number of rotatable bonds is 4. The van der Waals surface area contributed by atoms with Crippen LogP contribution in [0, 0.1) is 5.92 Å². The van der Waals surface area contributed by atoms with Crippen LogP contribution in [-0.4, -0.2) is 23.1 Å². The normalized spacial score (nSPS) is 24.2. The molecule has 0 amide bonds. The van der Waals surface area contributed by atoms with Gasteiger partial charge in [-0.2, -0.15) is 0 Å². The Morgan fingerprint density at radius 3 is 2.70 bits per heavy atom. The Hall–Kier alpha value is 0.0700. The van der Waals surface area contributed by atoms with Gasteiger partial charge in [0.2, 0.25) is 0 Å². The molecule has 1 aliphatic carbocycles. The molecule has 10 heavy (non-hydrogen) atoms. The van der Waals surface area contributed by atoms with Crippen LogP contribution in [0.3, 0.4) is 0 Å². The molecule has 2 atom stereocenters. The van der Waals surface area contributed by atoms with E-state index in [0.717, 1.165) is 0 Å². The highest BCUT2D eigenvalue weighted by atomic mass is 32.2. The van der Waals surface area contributed by atoms with Crippen LogP contribution >= 0.6 is 0 Å². The van der Waals surface area contributed by atoms with Crippen molar-refractivity contribution in [3.05, 3.63) is 0 Å². The van der Waals surface area contributed by atoms with Crippen LogP contribution in [0.5, 0.6) is 0 Å². The molecule has 1 fully saturated rings. The van der Waals surface area contributed by atoms with Crippen molar-refractivity contribution in [2.24, 2.45) is 11.7 Å². The third-order valence-corrected chi connectivity index (χ3v) is 2.40. The van der Waals surface area contributed by atoms with Crippen LogP contribution in [0.2, 0.25) is 0 Å². The van der Waals surface area contributed by atoms with Crippen molar-refractivity contribution in [3.8, 4) is 0 Å². The van der Waals surface area contributed by atoms with Gasteiger partial charge in [-0.25, -0.2) is 8.93 Å². The van der Waals surface area contributed by atoms with E-state index in [9.17, 15) is 4.21 Å². The highest BCUT2D eigenvalue weighted by Gasteiger charge is 2.30. The van der Waals surface area contributed by atoms with Gasteiger partial charge in [0.1, 0.15) is 0 Å². The van der Waals surface area contributed by atoms with E-state index in [1.165, 1.54) is 12.8 Å². The van der Waals surface area contributed by atoms with E-state index in [2.05, 4.69) is 4.72 Å². The summed E-state index contributed by atoms with van der Waals surface area (Å²) in [6.45, 7) is 0.601. The molecule has 3 nitrogen and oxygen atoms in total. The molecule has 3 N–H and O–H groups in total. The molecule has 2 unspecified atom stereocenters. The quantitative estimate of drug-likeness (QED) is 0.591. The van der Waals surface area contributed by atoms with Crippen LogP contribution in [0.25, 0.3) is 0 Å². The van der Waals surface area contributed by atoms with Crippen molar-refractivity contribution >= 4 is 11.0 Å². The molecule has 1 rings (SSSR count). The fourth-order valence-corrected chi connectivity index (χ4v) is 1.76. The summed E-state index contributed by atoms with van der Waals surface area (Å²) in [5.74, 6) is 0.689. The molecule has 0 aromatic heterocycles. The van der Waals surface area contributed by atoms with E-state index in [-0.39, 0.29) is 6.04 Å².